The van der Waals surface area contributed by atoms with Gasteiger partial charge in [0.05, 0.1) is 0 Å². The molecule has 0 fully saturated rings. The summed E-state index contributed by atoms with van der Waals surface area (Å²) in [5.41, 5.74) is 0. The normalized spacial score (nSPS) is 34.3. The molecule has 1 aliphatic carbocycles. The molecule has 0 amide bonds. The summed E-state index contributed by atoms with van der Waals surface area (Å²) in [6, 6.07) is 0. The lowest BCUT2D eigenvalue weighted by Gasteiger charge is -2.16. The van der Waals surface area contributed by atoms with Crippen molar-refractivity contribution in [1.82, 2.24) is 0 Å². The predicted molar refractivity (Wildman–Crippen MR) is 45.2 cm³/mol. The largest absolute Gasteiger partial charge is 0.152 e. The maximum atomic E-state index is 5.85. The van der Waals surface area contributed by atoms with E-state index < -0.39 is 3.78 Å². The van der Waals surface area contributed by atoms with Gasteiger partial charge in [-0.15, -0.1) is 0 Å². The number of halogens is 3. The van der Waals surface area contributed by atoms with Gasteiger partial charge in [0.15, 0.2) is 3.78 Å². The summed E-state index contributed by atoms with van der Waals surface area (Å²) in [4.78, 5) is 0. The first-order chi connectivity index (χ1) is 4.13. The van der Waals surface area contributed by atoms with Gasteiger partial charge in [0, 0.05) is 5.03 Å². The van der Waals surface area contributed by atoms with E-state index in [1.165, 1.54) is 0 Å². The maximum absolute atomic E-state index is 5.85. The maximum Gasteiger partial charge on any atom is 0.152 e. The zero-order valence-electron chi connectivity index (χ0n) is 4.57. The molecule has 0 aromatic rings. The fourth-order valence-electron chi connectivity index (χ4n) is 0.603. The standard InChI is InChI=1S/C6H5BrCl2/c7-6(9)4-2-1-3-5(6)8/h2-4H,1H2. The third kappa shape index (κ3) is 1.73. The fourth-order valence-corrected chi connectivity index (χ4v) is 1.27. The highest BCUT2D eigenvalue weighted by Crippen LogP contribution is 2.38. The van der Waals surface area contributed by atoms with E-state index in [9.17, 15) is 0 Å². The average molecular weight is 228 g/mol. The molecule has 0 aromatic carbocycles. The zero-order chi connectivity index (χ0) is 6.91. The van der Waals surface area contributed by atoms with E-state index in [0.717, 1.165) is 6.42 Å². The smallest absolute Gasteiger partial charge is 0.0958 e. The van der Waals surface area contributed by atoms with Gasteiger partial charge >= 0.3 is 0 Å². The van der Waals surface area contributed by atoms with Gasteiger partial charge in [0.2, 0.25) is 0 Å². The van der Waals surface area contributed by atoms with Crippen LogP contribution < -0.4 is 0 Å². The van der Waals surface area contributed by atoms with Crippen LogP contribution in [0.25, 0.3) is 0 Å². The van der Waals surface area contributed by atoms with Crippen LogP contribution in [0.15, 0.2) is 23.3 Å². The van der Waals surface area contributed by atoms with Gasteiger partial charge in [-0.1, -0.05) is 57.4 Å². The Morgan fingerprint density at radius 2 is 2.33 bits per heavy atom. The molecule has 0 saturated heterocycles. The first kappa shape index (κ1) is 7.64. The van der Waals surface area contributed by atoms with E-state index in [4.69, 9.17) is 23.2 Å². The van der Waals surface area contributed by atoms with Crippen molar-refractivity contribution in [1.29, 1.82) is 0 Å². The van der Waals surface area contributed by atoms with Crippen LogP contribution in [0.3, 0.4) is 0 Å². The van der Waals surface area contributed by atoms with Gasteiger partial charge in [-0.3, -0.25) is 0 Å². The number of alkyl halides is 2. The number of rotatable bonds is 0. The number of hydrogen-bond donors (Lipinski definition) is 0. The molecule has 0 heterocycles. The van der Waals surface area contributed by atoms with Crippen LogP contribution in [-0.2, 0) is 0 Å². The summed E-state index contributed by atoms with van der Waals surface area (Å²) in [5.74, 6) is 0. The third-order valence-electron chi connectivity index (χ3n) is 1.08. The molecule has 0 bridgehead atoms. The molecule has 1 unspecified atom stereocenters. The molecular weight excluding hydrogens is 223 g/mol. The van der Waals surface area contributed by atoms with Crippen LogP contribution in [0.4, 0.5) is 0 Å². The minimum absolute atomic E-state index is 0.632. The Hall–Kier alpha value is 0.540. The molecule has 0 aromatic heterocycles. The van der Waals surface area contributed by atoms with Crippen LogP contribution in [0.5, 0.6) is 0 Å². The van der Waals surface area contributed by atoms with Crippen LogP contribution in [0.1, 0.15) is 6.42 Å². The zero-order valence-corrected chi connectivity index (χ0v) is 7.67. The van der Waals surface area contributed by atoms with Crippen molar-refractivity contribution in [2.75, 3.05) is 0 Å². The van der Waals surface area contributed by atoms with Crippen LogP contribution >= 0.6 is 39.1 Å². The Morgan fingerprint density at radius 3 is 2.67 bits per heavy atom. The summed E-state index contributed by atoms with van der Waals surface area (Å²) in [7, 11) is 0. The summed E-state index contributed by atoms with van der Waals surface area (Å²) in [5, 5.41) is 0.645. The van der Waals surface area contributed by atoms with Crippen molar-refractivity contribution >= 4 is 39.1 Å². The third-order valence-corrected chi connectivity index (χ3v) is 2.88. The molecule has 1 rings (SSSR count). The van der Waals surface area contributed by atoms with Gasteiger partial charge in [0.25, 0.3) is 0 Å². The molecule has 3 heteroatoms. The summed E-state index contributed by atoms with van der Waals surface area (Å²) < 4.78 is -0.632. The van der Waals surface area contributed by atoms with Crippen molar-refractivity contribution in [3.63, 3.8) is 0 Å². The van der Waals surface area contributed by atoms with Gasteiger partial charge in [-0.2, -0.15) is 0 Å². The lowest BCUT2D eigenvalue weighted by Crippen LogP contribution is -2.09. The van der Waals surface area contributed by atoms with Gasteiger partial charge < -0.3 is 0 Å². The van der Waals surface area contributed by atoms with E-state index in [1.807, 2.05) is 18.2 Å². The Morgan fingerprint density at radius 1 is 1.67 bits per heavy atom. The minimum Gasteiger partial charge on any atom is -0.0958 e. The van der Waals surface area contributed by atoms with E-state index in [0.29, 0.717) is 5.03 Å². The van der Waals surface area contributed by atoms with E-state index >= 15 is 0 Å². The molecule has 0 nitrogen and oxygen atoms in total. The second kappa shape index (κ2) is 2.65. The Balaban J connectivity index is 2.83. The van der Waals surface area contributed by atoms with Crippen LogP contribution in [0, 0.1) is 0 Å². The van der Waals surface area contributed by atoms with E-state index in [-0.39, 0.29) is 0 Å². The quantitative estimate of drug-likeness (QED) is 0.440. The summed E-state index contributed by atoms with van der Waals surface area (Å²) in [6.07, 6.45) is 6.55. The predicted octanol–water partition coefficient (Wildman–Crippen LogP) is 3.40. The van der Waals surface area contributed by atoms with Crippen molar-refractivity contribution in [3.8, 4) is 0 Å². The second-order valence-electron chi connectivity index (χ2n) is 1.81. The molecule has 0 radical (unpaired) electrons. The lowest BCUT2D eigenvalue weighted by molar-refractivity contribution is 1.17. The van der Waals surface area contributed by atoms with Crippen molar-refractivity contribution < 1.29 is 0 Å². The highest BCUT2D eigenvalue weighted by Gasteiger charge is 2.24. The molecule has 0 saturated carbocycles. The van der Waals surface area contributed by atoms with Crippen molar-refractivity contribution in [3.05, 3.63) is 23.3 Å². The van der Waals surface area contributed by atoms with E-state index in [2.05, 4.69) is 15.9 Å². The van der Waals surface area contributed by atoms with Crippen molar-refractivity contribution in [2.45, 2.75) is 10.2 Å². The number of hydrogen-bond acceptors (Lipinski definition) is 0. The van der Waals surface area contributed by atoms with Gasteiger partial charge in [0.1, 0.15) is 0 Å². The lowest BCUT2D eigenvalue weighted by atomic mass is 10.2. The van der Waals surface area contributed by atoms with E-state index in [1.54, 1.807) is 0 Å². The molecule has 0 N–H and O–H groups in total. The van der Waals surface area contributed by atoms with Crippen LogP contribution in [-0.4, -0.2) is 3.78 Å². The molecule has 50 valence electrons. The molecule has 1 aliphatic rings. The van der Waals surface area contributed by atoms with Crippen molar-refractivity contribution in [2.24, 2.45) is 0 Å². The Labute approximate surface area is 72.7 Å². The molecule has 0 aliphatic heterocycles. The second-order valence-corrected chi connectivity index (χ2v) is 4.52. The SMILES string of the molecule is ClC1=CCC=CC1(Cl)Br. The highest BCUT2D eigenvalue weighted by atomic mass is 79.9. The first-order valence-electron chi connectivity index (χ1n) is 2.54. The van der Waals surface area contributed by atoms with Gasteiger partial charge in [-0.05, 0) is 6.42 Å². The highest BCUT2D eigenvalue weighted by molar-refractivity contribution is 9.10. The van der Waals surface area contributed by atoms with Crippen LogP contribution in [0.2, 0.25) is 0 Å². The topological polar surface area (TPSA) is 0 Å². The number of allylic oxidation sites excluding steroid dienone is 4. The minimum atomic E-state index is -0.632. The summed E-state index contributed by atoms with van der Waals surface area (Å²) in [6.45, 7) is 0. The monoisotopic (exact) mass is 226 g/mol. The molecule has 1 atom stereocenters. The average Bonchev–Trinajstić information content (AvgIpc) is 1.77. The molecular formula is C6H5BrCl2. The van der Waals surface area contributed by atoms with Gasteiger partial charge in [-0.25, -0.2) is 0 Å². The first-order valence-corrected chi connectivity index (χ1v) is 4.09. The summed E-state index contributed by atoms with van der Waals surface area (Å²) >= 11 is 14.8. The Kier molecular flexibility index (Phi) is 2.25. The Bertz CT molecular complexity index is 170. The fraction of sp³-hybridized carbons (Fsp3) is 0.333. The molecule has 0 spiro atoms. The molecule has 9 heavy (non-hydrogen) atoms.